The van der Waals surface area contributed by atoms with Crippen LogP contribution in [0.25, 0.3) is 10.8 Å². The second-order valence-corrected chi connectivity index (χ2v) is 12.0. The van der Waals surface area contributed by atoms with E-state index in [-0.39, 0.29) is 17.0 Å². The van der Waals surface area contributed by atoms with Gasteiger partial charge in [-0.25, -0.2) is 4.98 Å². The number of piperidine rings is 1. The maximum absolute atomic E-state index is 12.8. The molecule has 1 aliphatic heterocycles. The number of thiophene rings is 1. The molecule has 0 aliphatic carbocycles. The van der Waals surface area contributed by atoms with Gasteiger partial charge in [0.15, 0.2) is 0 Å². The van der Waals surface area contributed by atoms with Gasteiger partial charge >= 0.3 is 0 Å². The van der Waals surface area contributed by atoms with Crippen LogP contribution >= 0.6 is 22.9 Å². The van der Waals surface area contributed by atoms with Crippen molar-refractivity contribution in [3.63, 3.8) is 0 Å². The lowest BCUT2D eigenvalue weighted by molar-refractivity contribution is -0.0183. The largest absolute Gasteiger partial charge is 0.383 e. The number of fused-ring (bicyclic) bond motifs is 1. The van der Waals surface area contributed by atoms with Crippen molar-refractivity contribution in [1.29, 1.82) is 0 Å². The maximum Gasteiger partial charge on any atom is 0.261 e. The molecule has 0 atom stereocenters. The van der Waals surface area contributed by atoms with E-state index < -0.39 is 0 Å². The van der Waals surface area contributed by atoms with E-state index in [2.05, 4.69) is 55.3 Å². The Morgan fingerprint density at radius 3 is 2.59 bits per heavy atom. The first-order chi connectivity index (χ1) is 16.0. The Hall–Kier alpha value is -2.19. The quantitative estimate of drug-likeness (QED) is 0.434. The Morgan fingerprint density at radius 2 is 1.88 bits per heavy atom. The van der Waals surface area contributed by atoms with E-state index in [1.807, 2.05) is 24.3 Å². The number of nitrogens with one attached hydrogen (secondary N) is 2. The number of anilines is 1. The number of nitrogen functional groups attached to an aromatic ring is 1. The molecule has 0 spiro atoms. The first-order valence-corrected chi connectivity index (χ1v) is 12.8. The zero-order chi connectivity index (χ0) is 24.7. The molecular weight excluding hydrogens is 466 g/mol. The van der Waals surface area contributed by atoms with E-state index in [1.54, 1.807) is 12.3 Å². The molecule has 3 heterocycles. The highest BCUT2D eigenvalue weighted by Crippen LogP contribution is 2.37. The van der Waals surface area contributed by atoms with Crippen LogP contribution in [0.5, 0.6) is 0 Å². The maximum atomic E-state index is 12.8. The number of carbonyl (C=O) groups is 1. The molecule has 0 bridgehead atoms. The average Bonchev–Trinajstić information content (AvgIpc) is 3.14. The molecule has 1 aliphatic rings. The average molecular weight is 500 g/mol. The molecule has 1 amide bonds. The first kappa shape index (κ1) is 24.9. The predicted molar refractivity (Wildman–Crippen MR) is 142 cm³/mol. The predicted octanol–water partition coefficient (Wildman–Crippen LogP) is 5.20. The molecule has 6 nitrogen and oxygen atoms in total. The number of nitrogens with two attached hydrogens (primary N) is 1. The normalized spacial score (nSPS) is 18.3. The van der Waals surface area contributed by atoms with Crippen molar-refractivity contribution in [2.45, 2.75) is 70.7 Å². The molecule has 1 saturated heterocycles. The molecule has 0 radical (unpaired) electrons. The minimum atomic E-state index is -0.117. The number of amides is 1. The number of hydrogen-bond acceptors (Lipinski definition) is 6. The van der Waals surface area contributed by atoms with Crippen LogP contribution in [-0.2, 0) is 13.1 Å². The lowest BCUT2D eigenvalue weighted by Gasteiger charge is -2.53. The van der Waals surface area contributed by atoms with Crippen LogP contribution in [0.1, 0.15) is 60.6 Å². The highest BCUT2D eigenvalue weighted by atomic mass is 35.5. The van der Waals surface area contributed by atoms with Crippen molar-refractivity contribution in [1.82, 2.24) is 20.5 Å². The molecule has 1 fully saturated rings. The number of likely N-dealkylation sites (tertiary alicyclic amines) is 1. The lowest BCUT2D eigenvalue weighted by atomic mass is 9.77. The highest BCUT2D eigenvalue weighted by Gasteiger charge is 2.42. The Morgan fingerprint density at radius 1 is 1.18 bits per heavy atom. The summed E-state index contributed by atoms with van der Waals surface area (Å²) in [5, 5.41) is 9.26. The summed E-state index contributed by atoms with van der Waals surface area (Å²) in [7, 11) is 2.21. The van der Waals surface area contributed by atoms with E-state index in [1.165, 1.54) is 11.3 Å². The molecule has 4 N–H and O–H groups in total. The number of benzene rings is 1. The van der Waals surface area contributed by atoms with Crippen LogP contribution in [0, 0.1) is 0 Å². The summed E-state index contributed by atoms with van der Waals surface area (Å²) in [6, 6.07) is 10.0. The fraction of sp³-hybridized carbons (Fsp3) is 0.462. The fourth-order valence-electron chi connectivity index (χ4n) is 5.02. The van der Waals surface area contributed by atoms with Gasteiger partial charge in [0.05, 0.1) is 9.90 Å². The minimum Gasteiger partial charge on any atom is -0.383 e. The van der Waals surface area contributed by atoms with E-state index in [0.29, 0.717) is 34.8 Å². The van der Waals surface area contributed by atoms with Gasteiger partial charge in [-0.05, 0) is 76.7 Å². The summed E-state index contributed by atoms with van der Waals surface area (Å²) in [4.78, 5) is 21.0. The van der Waals surface area contributed by atoms with Gasteiger partial charge in [0, 0.05) is 46.7 Å². The van der Waals surface area contributed by atoms with Crippen LogP contribution < -0.4 is 16.4 Å². The molecule has 0 saturated carbocycles. The topological polar surface area (TPSA) is 83.3 Å². The van der Waals surface area contributed by atoms with Gasteiger partial charge in [-0.15, -0.1) is 11.3 Å². The van der Waals surface area contributed by atoms with Crippen molar-refractivity contribution >= 4 is 45.4 Å². The zero-order valence-electron chi connectivity index (χ0n) is 20.5. The number of halogens is 1. The van der Waals surface area contributed by atoms with Crippen molar-refractivity contribution < 1.29 is 4.79 Å². The second kappa shape index (κ2) is 9.46. The molecule has 8 heteroatoms. The van der Waals surface area contributed by atoms with Crippen molar-refractivity contribution in [2.75, 3.05) is 12.8 Å². The molecule has 3 aromatic rings. The van der Waals surface area contributed by atoms with Gasteiger partial charge in [0.1, 0.15) is 5.82 Å². The third-order valence-corrected chi connectivity index (χ3v) is 8.74. The number of carbonyl (C=O) groups excluding carboxylic acids is 1. The van der Waals surface area contributed by atoms with E-state index in [9.17, 15) is 4.79 Å². The summed E-state index contributed by atoms with van der Waals surface area (Å²) in [6.45, 7) is 10.3. The van der Waals surface area contributed by atoms with E-state index >= 15 is 0 Å². The zero-order valence-corrected chi connectivity index (χ0v) is 22.1. The summed E-state index contributed by atoms with van der Waals surface area (Å²) in [6.07, 6.45) is 3.82. The SMILES string of the molecule is CN1C(C)(C)CC(NCc2sc(C(=O)NCc3ccc4c(N)nccc4c3)cc2Cl)CC1(C)C. The van der Waals surface area contributed by atoms with Gasteiger partial charge < -0.3 is 16.4 Å². The first-order valence-electron chi connectivity index (χ1n) is 11.6. The van der Waals surface area contributed by atoms with Crippen molar-refractivity contribution in [3.8, 4) is 0 Å². The van der Waals surface area contributed by atoms with Crippen molar-refractivity contribution in [2.24, 2.45) is 0 Å². The van der Waals surface area contributed by atoms with Gasteiger partial charge in [0.25, 0.3) is 5.91 Å². The van der Waals surface area contributed by atoms with E-state index in [0.717, 1.165) is 34.1 Å². The van der Waals surface area contributed by atoms with Crippen LogP contribution in [0.3, 0.4) is 0 Å². The third kappa shape index (κ3) is 5.23. The smallest absolute Gasteiger partial charge is 0.261 e. The summed E-state index contributed by atoms with van der Waals surface area (Å²) < 4.78 is 0. The van der Waals surface area contributed by atoms with Gasteiger partial charge in [-0.2, -0.15) is 0 Å². The standard InChI is InChI=1S/C26H34ClN5OS/c1-25(2)12-18(13-26(3,4)32(25)5)30-15-22-20(27)11-21(34-22)24(33)31-14-16-6-7-19-17(10-16)8-9-29-23(19)28/h6-11,18,30H,12-15H2,1-5H3,(H2,28,29)(H,31,33). The Kier molecular flexibility index (Phi) is 6.93. The Balaban J connectivity index is 1.36. The number of nitrogens with zero attached hydrogens (tertiary/aromatic N) is 2. The van der Waals surface area contributed by atoms with Crippen LogP contribution in [0.2, 0.25) is 5.02 Å². The summed E-state index contributed by atoms with van der Waals surface area (Å²) in [5.74, 6) is 0.392. The molecule has 4 rings (SSSR count). The molecular formula is C26H34ClN5OS. The monoisotopic (exact) mass is 499 g/mol. The number of aromatic nitrogens is 1. The number of hydrogen-bond donors (Lipinski definition) is 3. The number of rotatable bonds is 6. The minimum absolute atomic E-state index is 0.117. The highest BCUT2D eigenvalue weighted by molar-refractivity contribution is 7.14. The summed E-state index contributed by atoms with van der Waals surface area (Å²) in [5.41, 5.74) is 7.17. The molecule has 0 unspecified atom stereocenters. The Bertz CT molecular complexity index is 1190. The van der Waals surface area contributed by atoms with E-state index in [4.69, 9.17) is 17.3 Å². The van der Waals surface area contributed by atoms with Gasteiger partial charge in [0.2, 0.25) is 0 Å². The fourth-order valence-corrected chi connectivity index (χ4v) is 6.30. The summed E-state index contributed by atoms with van der Waals surface area (Å²) >= 11 is 7.96. The third-order valence-electron chi connectivity index (χ3n) is 7.15. The Labute approximate surface area is 210 Å². The molecule has 2 aromatic heterocycles. The van der Waals surface area contributed by atoms with Crippen LogP contribution in [0.4, 0.5) is 5.82 Å². The molecule has 34 heavy (non-hydrogen) atoms. The molecule has 1 aromatic carbocycles. The van der Waals surface area contributed by atoms with Gasteiger partial charge in [-0.3, -0.25) is 9.69 Å². The molecule has 182 valence electrons. The van der Waals surface area contributed by atoms with Crippen LogP contribution in [-0.4, -0.2) is 40.0 Å². The van der Waals surface area contributed by atoms with Crippen LogP contribution in [0.15, 0.2) is 36.5 Å². The van der Waals surface area contributed by atoms with Gasteiger partial charge in [-0.1, -0.05) is 23.7 Å². The van der Waals surface area contributed by atoms with Crippen molar-refractivity contribution in [3.05, 3.63) is 56.9 Å². The lowest BCUT2D eigenvalue weighted by Crippen LogP contribution is -2.62. The number of pyridine rings is 1. The second-order valence-electron chi connectivity index (χ2n) is 10.5.